The largest absolute Gasteiger partial charge is 0.507 e. The number of aryl methyl sites for hydroxylation is 1. The maximum absolute atomic E-state index is 10.2. The van der Waals surface area contributed by atoms with E-state index < -0.39 is 0 Å². The molecule has 5 heteroatoms. The Kier molecular flexibility index (Phi) is 5.25. The van der Waals surface area contributed by atoms with Crippen molar-refractivity contribution in [1.29, 1.82) is 5.26 Å². The highest BCUT2D eigenvalue weighted by Crippen LogP contribution is 2.39. The minimum Gasteiger partial charge on any atom is -0.507 e. The fourth-order valence-electron chi connectivity index (χ4n) is 3.54. The number of thiophene rings is 1. The van der Waals surface area contributed by atoms with Gasteiger partial charge in [-0.15, -0.1) is 11.3 Å². The average Bonchev–Trinajstić information content (AvgIpc) is 3.06. The van der Waals surface area contributed by atoms with Gasteiger partial charge in [0, 0.05) is 36.3 Å². The predicted octanol–water partition coefficient (Wildman–Crippen LogP) is 4.94. The Hall–Kier alpha value is -2.94. The van der Waals surface area contributed by atoms with Gasteiger partial charge in [-0.2, -0.15) is 5.26 Å². The highest BCUT2D eigenvalue weighted by molar-refractivity contribution is 7.16. The molecular formula is C23H21N3OS. The lowest BCUT2D eigenvalue weighted by molar-refractivity contribution is 0.249. The number of nitrogens with zero attached hydrogens (tertiary/aromatic N) is 3. The molecule has 2 aromatic carbocycles. The average molecular weight is 388 g/mol. The van der Waals surface area contributed by atoms with Crippen LogP contribution in [0.1, 0.15) is 32.7 Å². The smallest absolute Gasteiger partial charge is 0.134 e. The predicted molar refractivity (Wildman–Crippen MR) is 113 cm³/mol. The van der Waals surface area contributed by atoms with Crippen LogP contribution in [0.4, 0.5) is 5.00 Å². The summed E-state index contributed by atoms with van der Waals surface area (Å²) in [5.41, 5.74) is 4.60. The van der Waals surface area contributed by atoms with E-state index in [2.05, 4.69) is 40.2 Å². The van der Waals surface area contributed by atoms with Gasteiger partial charge in [0.05, 0.1) is 5.56 Å². The fraction of sp³-hybridized carbons (Fsp3) is 0.217. The molecule has 1 aliphatic rings. The zero-order valence-corrected chi connectivity index (χ0v) is 16.5. The van der Waals surface area contributed by atoms with Crippen molar-refractivity contribution in [3.63, 3.8) is 0 Å². The molecule has 2 heterocycles. The Morgan fingerprint density at radius 2 is 2.04 bits per heavy atom. The van der Waals surface area contributed by atoms with Crippen LogP contribution in [0.15, 0.2) is 53.5 Å². The maximum Gasteiger partial charge on any atom is 0.134 e. The first-order valence-corrected chi connectivity index (χ1v) is 10.1. The van der Waals surface area contributed by atoms with Gasteiger partial charge in [0.25, 0.3) is 0 Å². The van der Waals surface area contributed by atoms with Crippen molar-refractivity contribution < 1.29 is 5.11 Å². The van der Waals surface area contributed by atoms with E-state index >= 15 is 0 Å². The molecule has 0 fully saturated rings. The maximum atomic E-state index is 10.2. The standard InChI is InChI=1S/C23H21N3OS/c1-16-6-5-9-18(22(16)27)13-25-23-20(12-24)19-10-11-26(15-21(19)28-23)14-17-7-3-2-4-8-17/h2-9,13,27H,10-11,14-15H2,1H3. The minimum atomic E-state index is 0.236. The topological polar surface area (TPSA) is 59.6 Å². The molecule has 4 rings (SSSR count). The molecule has 0 bridgehead atoms. The van der Waals surface area contributed by atoms with Crippen molar-refractivity contribution in [2.45, 2.75) is 26.4 Å². The second-order valence-corrected chi connectivity index (χ2v) is 8.10. The van der Waals surface area contributed by atoms with E-state index in [0.717, 1.165) is 42.2 Å². The first kappa shape index (κ1) is 18.4. The second kappa shape index (κ2) is 7.97. The van der Waals surface area contributed by atoms with Gasteiger partial charge in [0.1, 0.15) is 16.8 Å². The highest BCUT2D eigenvalue weighted by Gasteiger charge is 2.24. The van der Waals surface area contributed by atoms with Crippen molar-refractivity contribution in [3.8, 4) is 11.8 Å². The van der Waals surface area contributed by atoms with Gasteiger partial charge < -0.3 is 5.11 Å². The van der Waals surface area contributed by atoms with E-state index in [-0.39, 0.29) is 5.75 Å². The number of aliphatic imine (C=N–C) groups is 1. The molecule has 0 saturated heterocycles. The van der Waals surface area contributed by atoms with Gasteiger partial charge in [-0.3, -0.25) is 4.90 Å². The molecule has 1 aliphatic heterocycles. The summed E-state index contributed by atoms with van der Waals surface area (Å²) in [5.74, 6) is 0.236. The third-order valence-electron chi connectivity index (χ3n) is 5.07. The van der Waals surface area contributed by atoms with Crippen molar-refractivity contribution in [1.82, 2.24) is 4.90 Å². The van der Waals surface area contributed by atoms with Crippen molar-refractivity contribution in [2.24, 2.45) is 4.99 Å². The lowest BCUT2D eigenvalue weighted by atomic mass is 10.0. The van der Waals surface area contributed by atoms with Crippen LogP contribution in [-0.4, -0.2) is 22.8 Å². The number of hydrogen-bond acceptors (Lipinski definition) is 5. The molecule has 0 unspecified atom stereocenters. The van der Waals surface area contributed by atoms with Gasteiger partial charge >= 0.3 is 0 Å². The van der Waals surface area contributed by atoms with Crippen LogP contribution in [0.2, 0.25) is 0 Å². The van der Waals surface area contributed by atoms with Gasteiger partial charge in [-0.1, -0.05) is 42.5 Å². The molecule has 4 nitrogen and oxygen atoms in total. The molecule has 0 radical (unpaired) electrons. The van der Waals surface area contributed by atoms with Crippen LogP contribution >= 0.6 is 11.3 Å². The van der Waals surface area contributed by atoms with E-state index in [1.54, 1.807) is 17.6 Å². The SMILES string of the molecule is Cc1cccc(C=Nc2sc3c(c2C#N)CCN(Cc2ccccc2)C3)c1O. The summed E-state index contributed by atoms with van der Waals surface area (Å²) in [6.07, 6.45) is 2.52. The van der Waals surface area contributed by atoms with E-state index in [1.807, 2.05) is 31.2 Å². The van der Waals surface area contributed by atoms with E-state index in [4.69, 9.17) is 0 Å². The highest BCUT2D eigenvalue weighted by atomic mass is 32.1. The van der Waals surface area contributed by atoms with E-state index in [0.29, 0.717) is 11.1 Å². The number of aromatic hydroxyl groups is 1. The van der Waals surface area contributed by atoms with Gasteiger partial charge in [-0.25, -0.2) is 4.99 Å². The first-order valence-electron chi connectivity index (χ1n) is 9.29. The number of para-hydroxylation sites is 1. The molecule has 1 N–H and O–H groups in total. The summed E-state index contributed by atoms with van der Waals surface area (Å²) in [6, 6.07) is 18.4. The normalized spacial score (nSPS) is 14.1. The van der Waals surface area contributed by atoms with Crippen LogP contribution in [0.5, 0.6) is 5.75 Å². The zero-order valence-electron chi connectivity index (χ0n) is 15.7. The molecule has 28 heavy (non-hydrogen) atoms. The van der Waals surface area contributed by atoms with E-state index in [1.165, 1.54) is 10.4 Å². The summed E-state index contributed by atoms with van der Waals surface area (Å²) in [7, 11) is 0. The van der Waals surface area contributed by atoms with Crippen molar-refractivity contribution in [2.75, 3.05) is 6.54 Å². The molecular weight excluding hydrogens is 366 g/mol. The first-order chi connectivity index (χ1) is 13.7. The third-order valence-corrected chi connectivity index (χ3v) is 6.19. The lowest BCUT2D eigenvalue weighted by Gasteiger charge is -2.26. The van der Waals surface area contributed by atoms with Crippen LogP contribution in [-0.2, 0) is 19.5 Å². The lowest BCUT2D eigenvalue weighted by Crippen LogP contribution is -2.29. The third kappa shape index (κ3) is 3.70. The van der Waals surface area contributed by atoms with Crippen LogP contribution in [0.3, 0.4) is 0 Å². The summed E-state index contributed by atoms with van der Waals surface area (Å²) in [6.45, 7) is 4.55. The summed E-state index contributed by atoms with van der Waals surface area (Å²) >= 11 is 1.59. The molecule has 0 spiro atoms. The molecule has 0 aliphatic carbocycles. The fourth-order valence-corrected chi connectivity index (χ4v) is 4.72. The second-order valence-electron chi connectivity index (χ2n) is 7.01. The van der Waals surface area contributed by atoms with Crippen LogP contribution in [0, 0.1) is 18.3 Å². The van der Waals surface area contributed by atoms with Gasteiger partial charge in [-0.05, 0) is 36.1 Å². The molecule has 0 atom stereocenters. The number of fused-ring (bicyclic) bond motifs is 1. The molecule has 0 amide bonds. The number of phenolic OH excluding ortho intramolecular Hbond substituents is 1. The zero-order chi connectivity index (χ0) is 19.5. The summed E-state index contributed by atoms with van der Waals surface area (Å²) in [4.78, 5) is 8.19. The van der Waals surface area contributed by atoms with Gasteiger partial charge in [0.2, 0.25) is 0 Å². The molecule has 1 aromatic heterocycles. The van der Waals surface area contributed by atoms with Crippen molar-refractivity contribution >= 4 is 22.6 Å². The van der Waals surface area contributed by atoms with Crippen LogP contribution < -0.4 is 0 Å². The molecule has 140 valence electrons. The summed E-state index contributed by atoms with van der Waals surface area (Å²) < 4.78 is 0. The number of rotatable bonds is 4. The van der Waals surface area contributed by atoms with Crippen molar-refractivity contribution in [3.05, 3.63) is 81.2 Å². The quantitative estimate of drug-likeness (QED) is 0.645. The van der Waals surface area contributed by atoms with Gasteiger partial charge in [0.15, 0.2) is 0 Å². The Morgan fingerprint density at radius 3 is 2.82 bits per heavy atom. The van der Waals surface area contributed by atoms with E-state index in [9.17, 15) is 10.4 Å². The number of hydrogen-bond donors (Lipinski definition) is 1. The number of phenols is 1. The Bertz CT molecular complexity index is 1060. The summed E-state index contributed by atoms with van der Waals surface area (Å²) in [5, 5.41) is 20.6. The Balaban J connectivity index is 1.57. The number of benzene rings is 2. The Morgan fingerprint density at radius 1 is 1.21 bits per heavy atom. The molecule has 0 saturated carbocycles. The Labute approximate surface area is 169 Å². The van der Waals surface area contributed by atoms with Crippen LogP contribution in [0.25, 0.3) is 0 Å². The molecule has 3 aromatic rings. The number of nitriles is 1. The monoisotopic (exact) mass is 387 g/mol. The minimum absolute atomic E-state index is 0.236.